The summed E-state index contributed by atoms with van der Waals surface area (Å²) >= 11 is 3.41. The van der Waals surface area contributed by atoms with Crippen molar-refractivity contribution in [2.75, 3.05) is 5.73 Å². The summed E-state index contributed by atoms with van der Waals surface area (Å²) in [6, 6.07) is 0.535. The van der Waals surface area contributed by atoms with Crippen molar-refractivity contribution < 1.29 is 0 Å². The molecule has 3 rings (SSSR count). The van der Waals surface area contributed by atoms with Crippen LogP contribution in [0.2, 0.25) is 0 Å². The van der Waals surface area contributed by atoms with E-state index >= 15 is 0 Å². The Kier molecular flexibility index (Phi) is 1.84. The van der Waals surface area contributed by atoms with E-state index in [1.165, 1.54) is 25.7 Å². The maximum Gasteiger partial charge on any atom is 0.240 e. The van der Waals surface area contributed by atoms with Gasteiger partial charge in [0.15, 0.2) is 4.73 Å². The molecule has 2 saturated carbocycles. The minimum absolute atomic E-state index is 0.375. The largest absolute Gasteiger partial charge is 0.366 e. The van der Waals surface area contributed by atoms with E-state index in [1.807, 2.05) is 4.68 Å². The lowest BCUT2D eigenvalue weighted by atomic mass is 9.96. The molecule has 0 aliphatic heterocycles. The van der Waals surface area contributed by atoms with Crippen molar-refractivity contribution in [2.45, 2.75) is 31.7 Å². The fourth-order valence-electron chi connectivity index (χ4n) is 3.04. The second kappa shape index (κ2) is 2.95. The van der Waals surface area contributed by atoms with Gasteiger partial charge in [0, 0.05) is 0 Å². The predicted octanol–water partition coefficient (Wildman–Crippen LogP) is 1.98. The molecular weight excluding hydrogens is 244 g/mol. The standard InChI is InChI=1S/C9H13BrN4/c10-8-12-9(11)13-14(8)7-4-5-1-2-6(7)3-5/h5-7H,1-4H2,(H2,11,13). The minimum atomic E-state index is 0.375. The maximum absolute atomic E-state index is 5.57. The fraction of sp³-hybridized carbons (Fsp3) is 0.778. The third-order valence-electron chi connectivity index (χ3n) is 3.62. The van der Waals surface area contributed by atoms with Crippen LogP contribution in [0.4, 0.5) is 5.95 Å². The van der Waals surface area contributed by atoms with Gasteiger partial charge < -0.3 is 5.73 Å². The Bertz CT molecular complexity index is 362. The number of nitrogen functional groups attached to an aromatic ring is 1. The molecule has 3 unspecified atom stereocenters. The van der Waals surface area contributed by atoms with E-state index in [4.69, 9.17) is 5.73 Å². The SMILES string of the molecule is Nc1nc(Br)n(C2CC3CCC2C3)n1. The molecule has 2 aliphatic carbocycles. The molecule has 0 aromatic carbocycles. The van der Waals surface area contributed by atoms with Crippen molar-refractivity contribution in [2.24, 2.45) is 11.8 Å². The lowest BCUT2D eigenvalue weighted by Crippen LogP contribution is -2.17. The number of nitrogens with zero attached hydrogens (tertiary/aromatic N) is 3. The lowest BCUT2D eigenvalue weighted by molar-refractivity contribution is 0.302. The summed E-state index contributed by atoms with van der Waals surface area (Å²) in [5.41, 5.74) is 5.57. The van der Waals surface area contributed by atoms with Gasteiger partial charge in [0.05, 0.1) is 6.04 Å². The summed E-state index contributed by atoms with van der Waals surface area (Å²) < 4.78 is 2.76. The molecule has 3 atom stereocenters. The molecule has 2 aliphatic rings. The molecule has 1 aromatic rings. The van der Waals surface area contributed by atoms with Crippen molar-refractivity contribution in [3.63, 3.8) is 0 Å². The second-order valence-corrected chi connectivity index (χ2v) is 5.14. The highest BCUT2D eigenvalue weighted by atomic mass is 79.9. The first-order chi connectivity index (χ1) is 6.74. The van der Waals surface area contributed by atoms with Crippen LogP contribution in [0.5, 0.6) is 0 Å². The van der Waals surface area contributed by atoms with Gasteiger partial charge in [-0.15, -0.1) is 5.10 Å². The highest BCUT2D eigenvalue weighted by Crippen LogP contribution is 2.50. The number of hydrogen-bond donors (Lipinski definition) is 1. The molecule has 1 heterocycles. The first-order valence-corrected chi connectivity index (χ1v) is 5.91. The average molecular weight is 257 g/mol. The van der Waals surface area contributed by atoms with E-state index in [1.54, 1.807) is 0 Å². The average Bonchev–Trinajstić information content (AvgIpc) is 2.79. The number of aromatic nitrogens is 3. The monoisotopic (exact) mass is 256 g/mol. The highest BCUT2D eigenvalue weighted by molar-refractivity contribution is 9.10. The first kappa shape index (κ1) is 8.71. The van der Waals surface area contributed by atoms with Crippen LogP contribution in [0.3, 0.4) is 0 Å². The molecule has 4 nitrogen and oxygen atoms in total. The van der Waals surface area contributed by atoms with Crippen LogP contribution in [0.1, 0.15) is 31.7 Å². The Labute approximate surface area is 91.0 Å². The van der Waals surface area contributed by atoms with Gasteiger partial charge in [0.1, 0.15) is 0 Å². The van der Waals surface area contributed by atoms with Crippen molar-refractivity contribution in [1.82, 2.24) is 14.8 Å². The molecule has 2 bridgehead atoms. The molecular formula is C9H13BrN4. The van der Waals surface area contributed by atoms with Crippen LogP contribution in [0.15, 0.2) is 4.73 Å². The predicted molar refractivity (Wildman–Crippen MR) is 56.6 cm³/mol. The van der Waals surface area contributed by atoms with Crippen LogP contribution in [0, 0.1) is 11.8 Å². The van der Waals surface area contributed by atoms with Crippen LogP contribution in [-0.4, -0.2) is 14.8 Å². The van der Waals surface area contributed by atoms with Gasteiger partial charge in [-0.2, -0.15) is 4.98 Å². The minimum Gasteiger partial charge on any atom is -0.366 e. The van der Waals surface area contributed by atoms with Gasteiger partial charge in [0.25, 0.3) is 0 Å². The van der Waals surface area contributed by atoms with Crippen LogP contribution >= 0.6 is 15.9 Å². The fourth-order valence-corrected chi connectivity index (χ4v) is 3.57. The summed E-state index contributed by atoms with van der Waals surface area (Å²) in [4.78, 5) is 4.09. The van der Waals surface area contributed by atoms with Gasteiger partial charge in [0.2, 0.25) is 5.95 Å². The van der Waals surface area contributed by atoms with E-state index in [0.29, 0.717) is 12.0 Å². The van der Waals surface area contributed by atoms with Crippen molar-refractivity contribution in [1.29, 1.82) is 0 Å². The van der Waals surface area contributed by atoms with Crippen LogP contribution < -0.4 is 5.73 Å². The number of halogens is 1. The molecule has 2 fully saturated rings. The Morgan fingerprint density at radius 1 is 1.36 bits per heavy atom. The summed E-state index contributed by atoms with van der Waals surface area (Å²) in [6.07, 6.45) is 5.38. The third-order valence-corrected chi connectivity index (χ3v) is 4.16. The zero-order chi connectivity index (χ0) is 9.71. The van der Waals surface area contributed by atoms with E-state index in [2.05, 4.69) is 26.0 Å². The van der Waals surface area contributed by atoms with Crippen LogP contribution in [-0.2, 0) is 0 Å². The van der Waals surface area contributed by atoms with Crippen molar-refractivity contribution in [3.8, 4) is 0 Å². The normalized spacial score (nSPS) is 35.4. The quantitative estimate of drug-likeness (QED) is 0.836. The smallest absolute Gasteiger partial charge is 0.240 e. The number of nitrogens with two attached hydrogens (primary N) is 1. The number of rotatable bonds is 1. The van der Waals surface area contributed by atoms with E-state index in [0.717, 1.165) is 16.6 Å². The Morgan fingerprint density at radius 2 is 2.21 bits per heavy atom. The molecule has 5 heteroatoms. The molecule has 0 radical (unpaired) electrons. The summed E-state index contributed by atoms with van der Waals surface area (Å²) in [5, 5.41) is 4.25. The molecule has 0 spiro atoms. The first-order valence-electron chi connectivity index (χ1n) is 5.11. The summed E-state index contributed by atoms with van der Waals surface area (Å²) in [7, 11) is 0. The maximum atomic E-state index is 5.57. The summed E-state index contributed by atoms with van der Waals surface area (Å²) in [5.74, 6) is 2.10. The van der Waals surface area contributed by atoms with Crippen LogP contribution in [0.25, 0.3) is 0 Å². The van der Waals surface area contributed by atoms with Crippen molar-refractivity contribution in [3.05, 3.63) is 4.73 Å². The Hall–Kier alpha value is -0.580. The molecule has 0 amide bonds. The van der Waals surface area contributed by atoms with Gasteiger partial charge in [-0.25, -0.2) is 4.68 Å². The molecule has 76 valence electrons. The molecule has 2 N–H and O–H groups in total. The number of fused-ring (bicyclic) bond motifs is 2. The molecule has 0 saturated heterocycles. The Balaban J connectivity index is 1.92. The number of anilines is 1. The van der Waals surface area contributed by atoms with E-state index in [-0.39, 0.29) is 0 Å². The van der Waals surface area contributed by atoms with Gasteiger partial charge in [-0.05, 0) is 47.0 Å². The topological polar surface area (TPSA) is 56.7 Å². The Morgan fingerprint density at radius 3 is 2.71 bits per heavy atom. The summed E-state index contributed by atoms with van der Waals surface area (Å²) in [6.45, 7) is 0. The highest BCUT2D eigenvalue weighted by Gasteiger charge is 2.41. The lowest BCUT2D eigenvalue weighted by Gasteiger charge is -2.21. The molecule has 14 heavy (non-hydrogen) atoms. The second-order valence-electron chi connectivity index (χ2n) is 4.43. The zero-order valence-corrected chi connectivity index (χ0v) is 9.44. The molecule has 1 aromatic heterocycles. The van der Waals surface area contributed by atoms with E-state index in [9.17, 15) is 0 Å². The van der Waals surface area contributed by atoms with E-state index < -0.39 is 0 Å². The number of hydrogen-bond acceptors (Lipinski definition) is 3. The van der Waals surface area contributed by atoms with Gasteiger partial charge in [-0.1, -0.05) is 6.42 Å². The zero-order valence-electron chi connectivity index (χ0n) is 7.86. The third kappa shape index (κ3) is 1.18. The van der Waals surface area contributed by atoms with Gasteiger partial charge >= 0.3 is 0 Å². The van der Waals surface area contributed by atoms with Gasteiger partial charge in [-0.3, -0.25) is 0 Å². The van der Waals surface area contributed by atoms with Crippen molar-refractivity contribution >= 4 is 21.9 Å².